The molecule has 58 valence electrons. The molecule has 0 saturated carbocycles. The topological polar surface area (TPSA) is 36.1 Å². The molecule has 0 bridgehead atoms. The fourth-order valence-electron chi connectivity index (χ4n) is 0.756. The van der Waals surface area contributed by atoms with Gasteiger partial charge in [-0.25, -0.2) is 0 Å². The first kappa shape index (κ1) is 8.89. The molecule has 0 spiro atoms. The lowest BCUT2D eigenvalue weighted by molar-refractivity contribution is 1.46. The van der Waals surface area contributed by atoms with Gasteiger partial charge in [-0.1, -0.05) is 11.6 Å². The van der Waals surface area contributed by atoms with Gasteiger partial charge in [0.2, 0.25) is 0 Å². The summed E-state index contributed by atoms with van der Waals surface area (Å²) in [5.41, 5.74) is 1.01. The standard InChI is InChI=1S/C8H3ClN2S/c9-7-1-6(4-10)2-8(3-7)11-5-12/h1-3H. The molecule has 12 heavy (non-hydrogen) atoms. The van der Waals surface area contributed by atoms with Crippen LogP contribution in [0.1, 0.15) is 5.56 Å². The molecule has 0 unspecified atom stereocenters. The van der Waals surface area contributed by atoms with E-state index in [1.165, 1.54) is 0 Å². The summed E-state index contributed by atoms with van der Waals surface area (Å²) in [4.78, 5) is 3.71. The van der Waals surface area contributed by atoms with E-state index in [4.69, 9.17) is 16.9 Å². The van der Waals surface area contributed by atoms with Crippen LogP contribution >= 0.6 is 23.8 Å². The van der Waals surface area contributed by atoms with Gasteiger partial charge in [0.15, 0.2) is 0 Å². The fourth-order valence-corrected chi connectivity index (χ4v) is 1.09. The van der Waals surface area contributed by atoms with Gasteiger partial charge in [0, 0.05) is 5.02 Å². The van der Waals surface area contributed by atoms with E-state index in [0.29, 0.717) is 16.3 Å². The molecule has 0 saturated heterocycles. The molecule has 0 aliphatic carbocycles. The van der Waals surface area contributed by atoms with E-state index in [1.807, 2.05) is 6.07 Å². The molecule has 0 heterocycles. The Morgan fingerprint density at radius 2 is 2.17 bits per heavy atom. The van der Waals surface area contributed by atoms with Gasteiger partial charge in [-0.3, -0.25) is 0 Å². The minimum atomic E-state index is 0.464. The highest BCUT2D eigenvalue weighted by molar-refractivity contribution is 7.78. The minimum Gasteiger partial charge on any atom is -0.195 e. The molecule has 0 fully saturated rings. The lowest BCUT2D eigenvalue weighted by atomic mass is 10.2. The summed E-state index contributed by atoms with van der Waals surface area (Å²) in [5, 5.41) is 11.2. The van der Waals surface area contributed by atoms with Crippen LogP contribution < -0.4 is 0 Å². The third-order valence-corrected chi connectivity index (χ3v) is 1.50. The predicted molar refractivity (Wildman–Crippen MR) is 50.9 cm³/mol. The molecule has 1 aromatic carbocycles. The Morgan fingerprint density at radius 3 is 2.75 bits per heavy atom. The number of thiocarbonyl (C=S) groups is 1. The van der Waals surface area contributed by atoms with Crippen LogP contribution in [0.5, 0.6) is 0 Å². The number of nitriles is 1. The van der Waals surface area contributed by atoms with Crippen molar-refractivity contribution in [2.45, 2.75) is 0 Å². The van der Waals surface area contributed by atoms with Crippen LogP contribution in [-0.2, 0) is 0 Å². The molecule has 0 radical (unpaired) electrons. The van der Waals surface area contributed by atoms with Gasteiger partial charge in [-0.2, -0.15) is 10.3 Å². The number of isothiocyanates is 1. The summed E-state index contributed by atoms with van der Waals surface area (Å²) in [6.07, 6.45) is 0. The van der Waals surface area contributed by atoms with Crippen LogP contribution in [0.2, 0.25) is 5.02 Å². The van der Waals surface area contributed by atoms with Gasteiger partial charge < -0.3 is 0 Å². The average molecular weight is 195 g/mol. The normalized spacial score (nSPS) is 8.33. The van der Waals surface area contributed by atoms with Gasteiger partial charge >= 0.3 is 0 Å². The molecule has 1 rings (SSSR count). The molecule has 0 aliphatic heterocycles. The second-order valence-corrected chi connectivity index (χ2v) is 2.63. The van der Waals surface area contributed by atoms with Gasteiger partial charge in [-0.05, 0) is 30.4 Å². The van der Waals surface area contributed by atoms with Crippen molar-refractivity contribution in [1.82, 2.24) is 0 Å². The molecule has 0 amide bonds. The first-order chi connectivity index (χ1) is 5.76. The number of hydrogen-bond donors (Lipinski definition) is 0. The summed E-state index contributed by atoms with van der Waals surface area (Å²) in [6.45, 7) is 0. The molecule has 0 aliphatic rings. The fraction of sp³-hybridized carbons (Fsp3) is 0. The van der Waals surface area contributed by atoms with Crippen LogP contribution in [0.25, 0.3) is 0 Å². The maximum Gasteiger partial charge on any atom is 0.0992 e. The highest BCUT2D eigenvalue weighted by Crippen LogP contribution is 2.20. The number of hydrogen-bond acceptors (Lipinski definition) is 3. The Balaban J connectivity index is 3.25. The van der Waals surface area contributed by atoms with Crippen LogP contribution in [0.3, 0.4) is 0 Å². The third-order valence-electron chi connectivity index (χ3n) is 1.19. The SMILES string of the molecule is N#Cc1cc(Cl)cc(N=C=S)c1. The van der Waals surface area contributed by atoms with Crippen molar-refractivity contribution in [2.24, 2.45) is 4.99 Å². The summed E-state index contributed by atoms with van der Waals surface area (Å²) in [6, 6.07) is 6.72. The molecule has 4 heteroatoms. The molecular formula is C8H3ClN2S. The third kappa shape index (κ3) is 2.14. The first-order valence-electron chi connectivity index (χ1n) is 3.05. The number of nitrogens with zero attached hydrogens (tertiary/aromatic N) is 2. The van der Waals surface area contributed by atoms with E-state index >= 15 is 0 Å². The maximum atomic E-state index is 8.56. The van der Waals surface area contributed by atoms with Crippen molar-refractivity contribution in [1.29, 1.82) is 5.26 Å². The predicted octanol–water partition coefficient (Wildman–Crippen LogP) is 2.95. The zero-order chi connectivity index (χ0) is 8.97. The van der Waals surface area contributed by atoms with E-state index < -0.39 is 0 Å². The minimum absolute atomic E-state index is 0.464. The van der Waals surface area contributed by atoms with Crippen molar-refractivity contribution >= 4 is 34.7 Å². The Labute approximate surface area is 80.1 Å². The van der Waals surface area contributed by atoms with E-state index in [9.17, 15) is 0 Å². The Kier molecular flexibility index (Phi) is 2.95. The Morgan fingerprint density at radius 1 is 1.42 bits per heavy atom. The highest BCUT2D eigenvalue weighted by Gasteiger charge is 1.96. The van der Waals surface area contributed by atoms with Crippen molar-refractivity contribution in [3.8, 4) is 6.07 Å². The molecule has 1 aromatic rings. The van der Waals surface area contributed by atoms with Crippen LogP contribution in [0.15, 0.2) is 23.2 Å². The van der Waals surface area contributed by atoms with Crippen LogP contribution in [0.4, 0.5) is 5.69 Å². The second kappa shape index (κ2) is 3.99. The average Bonchev–Trinajstić information content (AvgIpc) is 2.04. The maximum absolute atomic E-state index is 8.56. The van der Waals surface area contributed by atoms with Gasteiger partial charge in [0.1, 0.15) is 0 Å². The molecule has 0 atom stereocenters. The number of benzene rings is 1. The number of aliphatic imine (C=N–C) groups is 1. The van der Waals surface area contributed by atoms with Crippen molar-refractivity contribution in [2.75, 3.05) is 0 Å². The number of halogens is 1. The molecule has 0 aromatic heterocycles. The monoisotopic (exact) mass is 194 g/mol. The lowest BCUT2D eigenvalue weighted by Gasteiger charge is -1.93. The first-order valence-corrected chi connectivity index (χ1v) is 3.83. The Bertz CT molecular complexity index is 389. The van der Waals surface area contributed by atoms with E-state index in [-0.39, 0.29) is 0 Å². The summed E-state index contributed by atoms with van der Waals surface area (Å²) in [7, 11) is 0. The van der Waals surface area contributed by atoms with E-state index in [1.54, 1.807) is 18.2 Å². The van der Waals surface area contributed by atoms with Gasteiger partial charge in [0.05, 0.1) is 22.5 Å². The van der Waals surface area contributed by atoms with E-state index in [0.717, 1.165) is 0 Å². The molecule has 2 nitrogen and oxygen atoms in total. The lowest BCUT2D eigenvalue weighted by Crippen LogP contribution is -1.73. The molecular weight excluding hydrogens is 192 g/mol. The molecule has 0 N–H and O–H groups in total. The van der Waals surface area contributed by atoms with Crippen LogP contribution in [0, 0.1) is 11.3 Å². The second-order valence-electron chi connectivity index (χ2n) is 2.01. The summed E-state index contributed by atoms with van der Waals surface area (Å²) >= 11 is 10.1. The zero-order valence-electron chi connectivity index (χ0n) is 5.91. The largest absolute Gasteiger partial charge is 0.195 e. The van der Waals surface area contributed by atoms with Gasteiger partial charge in [-0.15, -0.1) is 0 Å². The quantitative estimate of drug-likeness (QED) is 0.509. The zero-order valence-corrected chi connectivity index (χ0v) is 7.49. The highest BCUT2D eigenvalue weighted by atomic mass is 35.5. The smallest absolute Gasteiger partial charge is 0.0992 e. The summed E-state index contributed by atoms with van der Waals surface area (Å²) in [5.74, 6) is 0. The Hall–Kier alpha value is -1.20. The van der Waals surface area contributed by atoms with E-state index in [2.05, 4.69) is 22.4 Å². The van der Waals surface area contributed by atoms with Gasteiger partial charge in [0.25, 0.3) is 0 Å². The number of rotatable bonds is 1. The van der Waals surface area contributed by atoms with Crippen molar-refractivity contribution in [3.05, 3.63) is 28.8 Å². The summed E-state index contributed by atoms with van der Waals surface area (Å²) < 4.78 is 0. The van der Waals surface area contributed by atoms with Crippen LogP contribution in [-0.4, -0.2) is 5.16 Å². The van der Waals surface area contributed by atoms with Crippen molar-refractivity contribution < 1.29 is 0 Å². The van der Waals surface area contributed by atoms with Crippen molar-refractivity contribution in [3.63, 3.8) is 0 Å².